The van der Waals surface area contributed by atoms with Gasteiger partial charge in [-0.25, -0.2) is 4.79 Å². The molecule has 0 saturated heterocycles. The zero-order valence-electron chi connectivity index (χ0n) is 9.49. The molecule has 0 spiro atoms. The van der Waals surface area contributed by atoms with E-state index in [1.54, 1.807) is 0 Å². The van der Waals surface area contributed by atoms with Crippen molar-refractivity contribution in [3.05, 3.63) is 37.5 Å². The number of hydrogen-bond donors (Lipinski definition) is 3. The highest BCUT2D eigenvalue weighted by Crippen LogP contribution is 2.45. The van der Waals surface area contributed by atoms with Gasteiger partial charge in [-0.05, 0) is 24.1 Å². The molecule has 9 heteroatoms. The van der Waals surface area contributed by atoms with Crippen LogP contribution in [-0.2, 0) is 0 Å². The third-order valence-corrected chi connectivity index (χ3v) is 5.73. The van der Waals surface area contributed by atoms with Gasteiger partial charge in [-0.15, -0.1) is 11.3 Å². The smallest absolute Gasteiger partial charge is 0.339 e. The molecule has 0 bridgehead atoms. The molecule has 0 atom stereocenters. The van der Waals surface area contributed by atoms with Crippen LogP contribution in [-0.4, -0.2) is 16.2 Å². The summed E-state index contributed by atoms with van der Waals surface area (Å²) in [6, 6.07) is 4.11. The van der Waals surface area contributed by atoms with Crippen LogP contribution in [0.25, 0.3) is 0 Å². The Labute approximate surface area is 137 Å². The summed E-state index contributed by atoms with van der Waals surface area (Å²) in [5.74, 6) is -1.53. The first-order valence-electron chi connectivity index (χ1n) is 5.02. The second-order valence-electron chi connectivity index (χ2n) is 3.53. The van der Waals surface area contributed by atoms with Crippen molar-refractivity contribution in [1.29, 1.82) is 0 Å². The highest BCUT2D eigenvalue weighted by Gasteiger charge is 2.15. The molecule has 0 fully saturated rings. The zero-order valence-corrected chi connectivity index (χ0v) is 13.4. The second-order valence-corrected chi connectivity index (χ2v) is 6.95. The number of benzene rings is 1. The van der Waals surface area contributed by atoms with Gasteiger partial charge in [-0.3, -0.25) is 0 Å². The lowest BCUT2D eigenvalue weighted by atomic mass is 10.2. The molecule has 0 radical (unpaired) electrons. The van der Waals surface area contributed by atoms with Gasteiger partial charge in [0.05, 0.1) is 9.92 Å². The van der Waals surface area contributed by atoms with E-state index in [4.69, 9.17) is 39.9 Å². The molecule has 106 valence electrons. The number of carbonyl (C=O) groups is 1. The number of hydrogen-bond acceptors (Lipinski definition) is 5. The number of halogens is 3. The predicted octanol–water partition coefficient (Wildman–Crippen LogP) is 5.23. The van der Waals surface area contributed by atoms with Crippen molar-refractivity contribution in [2.24, 2.45) is 0 Å². The zero-order chi connectivity index (χ0) is 14.9. The van der Waals surface area contributed by atoms with Crippen molar-refractivity contribution < 1.29 is 15.0 Å². The number of carboxylic acid groups (broad SMARTS) is 1. The van der Waals surface area contributed by atoms with Gasteiger partial charge in [0.2, 0.25) is 0 Å². The van der Waals surface area contributed by atoms with E-state index in [1.165, 1.54) is 18.2 Å². The first kappa shape index (κ1) is 15.6. The molecule has 2 rings (SSSR count). The molecule has 0 aliphatic carbocycles. The molecule has 3 N–H and O–H groups in total. The molecule has 4 nitrogen and oxygen atoms in total. The number of rotatable bonds is 4. The number of phenols is 1. The average molecular weight is 371 g/mol. The summed E-state index contributed by atoms with van der Waals surface area (Å²) in [5, 5.41) is 18.7. The van der Waals surface area contributed by atoms with Crippen molar-refractivity contribution >= 4 is 69.7 Å². The van der Waals surface area contributed by atoms with Crippen molar-refractivity contribution in [2.45, 2.75) is 4.90 Å². The number of aromatic carboxylic acids is 1. The van der Waals surface area contributed by atoms with E-state index in [0.717, 1.165) is 23.3 Å². The standard InChI is InChI=1S/C11H6Cl3NO3S2/c12-7-8(10(14)19-9(7)13)20-15-4-1-2-5(11(17)18)6(16)3-4/h1-3,15-16H,(H,17,18). The summed E-state index contributed by atoms with van der Waals surface area (Å²) >= 11 is 20.1. The Morgan fingerprint density at radius 1 is 1.25 bits per heavy atom. The first-order valence-corrected chi connectivity index (χ1v) is 7.79. The summed E-state index contributed by atoms with van der Waals surface area (Å²) in [7, 11) is 0. The molecule has 0 amide bonds. The average Bonchev–Trinajstić information content (AvgIpc) is 2.61. The number of anilines is 1. The van der Waals surface area contributed by atoms with E-state index in [-0.39, 0.29) is 11.3 Å². The summed E-state index contributed by atoms with van der Waals surface area (Å²) in [5.41, 5.74) is 0.335. The fourth-order valence-corrected chi connectivity index (χ4v) is 4.17. The Balaban J connectivity index is 2.15. The molecule has 0 saturated carbocycles. The third-order valence-electron chi connectivity index (χ3n) is 2.23. The van der Waals surface area contributed by atoms with Crippen LogP contribution in [0, 0.1) is 0 Å². The SMILES string of the molecule is O=C(O)c1ccc(NSc2c(Cl)sc(Cl)c2Cl)cc1O. The van der Waals surface area contributed by atoms with Crippen LogP contribution in [0.4, 0.5) is 5.69 Å². The van der Waals surface area contributed by atoms with E-state index in [0.29, 0.717) is 24.3 Å². The molecule has 0 unspecified atom stereocenters. The van der Waals surface area contributed by atoms with Gasteiger partial charge in [0.1, 0.15) is 20.0 Å². The van der Waals surface area contributed by atoms with Gasteiger partial charge in [0.15, 0.2) is 0 Å². The van der Waals surface area contributed by atoms with Crippen molar-refractivity contribution in [3.8, 4) is 5.75 Å². The molecule has 1 aromatic heterocycles. The quantitative estimate of drug-likeness (QED) is 0.643. The Morgan fingerprint density at radius 2 is 1.95 bits per heavy atom. The normalized spacial score (nSPS) is 10.6. The van der Waals surface area contributed by atoms with E-state index in [2.05, 4.69) is 4.72 Å². The van der Waals surface area contributed by atoms with E-state index < -0.39 is 5.97 Å². The lowest BCUT2D eigenvalue weighted by Gasteiger charge is -2.07. The van der Waals surface area contributed by atoms with Crippen LogP contribution < -0.4 is 4.72 Å². The van der Waals surface area contributed by atoms with Gasteiger partial charge in [-0.2, -0.15) is 0 Å². The number of aromatic hydroxyl groups is 1. The summed E-state index contributed by atoms with van der Waals surface area (Å²) in [6.45, 7) is 0. The molecular weight excluding hydrogens is 365 g/mol. The number of carboxylic acids is 1. The number of thiophene rings is 1. The van der Waals surface area contributed by atoms with Crippen LogP contribution >= 0.6 is 58.1 Å². The Hall–Kier alpha value is -0.790. The predicted molar refractivity (Wildman–Crippen MR) is 83.9 cm³/mol. The van der Waals surface area contributed by atoms with Gasteiger partial charge < -0.3 is 14.9 Å². The molecule has 0 aliphatic rings. The highest BCUT2D eigenvalue weighted by atomic mass is 35.5. The molecule has 1 aromatic carbocycles. The van der Waals surface area contributed by atoms with Crippen molar-refractivity contribution in [3.63, 3.8) is 0 Å². The maximum absolute atomic E-state index is 10.8. The minimum atomic E-state index is -1.20. The van der Waals surface area contributed by atoms with Gasteiger partial charge in [0, 0.05) is 11.8 Å². The van der Waals surface area contributed by atoms with Gasteiger partial charge >= 0.3 is 5.97 Å². The van der Waals surface area contributed by atoms with Crippen LogP contribution in [0.15, 0.2) is 23.1 Å². The highest BCUT2D eigenvalue weighted by molar-refractivity contribution is 8.01. The minimum Gasteiger partial charge on any atom is -0.507 e. The second kappa shape index (κ2) is 6.32. The van der Waals surface area contributed by atoms with Crippen molar-refractivity contribution in [1.82, 2.24) is 0 Å². The maximum atomic E-state index is 10.8. The van der Waals surface area contributed by atoms with Crippen LogP contribution in [0.1, 0.15) is 10.4 Å². The minimum absolute atomic E-state index is 0.171. The van der Waals surface area contributed by atoms with Crippen molar-refractivity contribution in [2.75, 3.05) is 4.72 Å². The third kappa shape index (κ3) is 3.27. The molecule has 20 heavy (non-hydrogen) atoms. The first-order chi connectivity index (χ1) is 9.40. The lowest BCUT2D eigenvalue weighted by molar-refractivity contribution is 0.0694. The van der Waals surface area contributed by atoms with E-state index in [1.807, 2.05) is 0 Å². The van der Waals surface area contributed by atoms with Gasteiger partial charge in [0.25, 0.3) is 0 Å². The Morgan fingerprint density at radius 3 is 2.45 bits per heavy atom. The fourth-order valence-electron chi connectivity index (χ4n) is 1.32. The monoisotopic (exact) mass is 369 g/mol. The van der Waals surface area contributed by atoms with Crippen LogP contribution in [0.5, 0.6) is 5.75 Å². The maximum Gasteiger partial charge on any atom is 0.339 e. The molecular formula is C11H6Cl3NO3S2. The van der Waals surface area contributed by atoms with Crippen LogP contribution in [0.2, 0.25) is 13.7 Å². The van der Waals surface area contributed by atoms with E-state index in [9.17, 15) is 9.90 Å². The Kier molecular flexibility index (Phi) is 4.93. The van der Waals surface area contributed by atoms with Gasteiger partial charge in [-0.1, -0.05) is 34.8 Å². The molecule has 0 aliphatic heterocycles. The fraction of sp³-hybridized carbons (Fsp3) is 0. The van der Waals surface area contributed by atoms with Crippen LogP contribution in [0.3, 0.4) is 0 Å². The lowest BCUT2D eigenvalue weighted by Crippen LogP contribution is -1.97. The molecule has 2 aromatic rings. The number of nitrogens with one attached hydrogen (secondary N) is 1. The topological polar surface area (TPSA) is 69.6 Å². The summed E-state index contributed by atoms with van der Waals surface area (Å²) < 4.78 is 3.75. The Bertz CT molecular complexity index is 675. The summed E-state index contributed by atoms with van der Waals surface area (Å²) in [6.07, 6.45) is 0. The largest absolute Gasteiger partial charge is 0.507 e. The molecule has 1 heterocycles. The summed E-state index contributed by atoms with van der Waals surface area (Å²) in [4.78, 5) is 11.3. The van der Waals surface area contributed by atoms with E-state index >= 15 is 0 Å².